The fourth-order valence-corrected chi connectivity index (χ4v) is 5.40. The van der Waals surface area contributed by atoms with E-state index in [2.05, 4.69) is 10.2 Å². The van der Waals surface area contributed by atoms with E-state index in [1.54, 1.807) is 11.8 Å². The smallest absolute Gasteiger partial charge is 0.338 e. The van der Waals surface area contributed by atoms with Crippen LogP contribution in [0.5, 0.6) is 0 Å². The molecule has 2 atom stereocenters. The molecule has 8 nitrogen and oxygen atoms in total. The van der Waals surface area contributed by atoms with Crippen molar-refractivity contribution in [3.8, 4) is 0 Å². The zero-order valence-corrected chi connectivity index (χ0v) is 23.0. The molecule has 0 spiro atoms. The van der Waals surface area contributed by atoms with Gasteiger partial charge in [0.15, 0.2) is 0 Å². The van der Waals surface area contributed by atoms with Gasteiger partial charge in [-0.1, -0.05) is 42.0 Å². The summed E-state index contributed by atoms with van der Waals surface area (Å²) in [5.74, 6) is -0.399. The molecule has 2 aliphatic heterocycles. The third-order valence-corrected chi connectivity index (χ3v) is 7.36. The number of rotatable bonds is 7. The van der Waals surface area contributed by atoms with Gasteiger partial charge in [-0.25, -0.2) is 9.59 Å². The molecule has 4 rings (SSSR count). The standard InChI is InChI=1S/C30H38N4O4/c1-6-33-25(19-32-15-16-34(22(5)18-32)28(35)23-11-9-8-10-12-23)26(29(36)38-7-2)27(31-30(33)37)24-17-20(3)13-14-21(24)4/h8-14,17,22,27H,6-7,15-16,18-19H2,1-5H3,(H,31,37). The summed E-state index contributed by atoms with van der Waals surface area (Å²) >= 11 is 0. The number of nitrogens with one attached hydrogen (secondary N) is 1. The minimum atomic E-state index is -0.599. The molecular weight excluding hydrogens is 480 g/mol. The Balaban J connectivity index is 1.66. The van der Waals surface area contributed by atoms with E-state index in [9.17, 15) is 14.4 Å². The molecule has 0 radical (unpaired) electrons. The van der Waals surface area contributed by atoms with Crippen LogP contribution in [0.2, 0.25) is 0 Å². The first-order valence-corrected chi connectivity index (χ1v) is 13.4. The fourth-order valence-electron chi connectivity index (χ4n) is 5.40. The second-order valence-electron chi connectivity index (χ2n) is 10.0. The summed E-state index contributed by atoms with van der Waals surface area (Å²) in [5.41, 5.74) is 4.75. The Morgan fingerprint density at radius 3 is 2.45 bits per heavy atom. The summed E-state index contributed by atoms with van der Waals surface area (Å²) in [6, 6.07) is 14.5. The number of nitrogens with zero attached hydrogens (tertiary/aromatic N) is 3. The summed E-state index contributed by atoms with van der Waals surface area (Å²) in [5, 5.41) is 3.06. The van der Waals surface area contributed by atoms with E-state index in [-0.39, 0.29) is 24.6 Å². The second-order valence-corrected chi connectivity index (χ2v) is 10.0. The molecule has 2 aromatic rings. The van der Waals surface area contributed by atoms with Gasteiger partial charge in [0.1, 0.15) is 0 Å². The third kappa shape index (κ3) is 5.60. The topological polar surface area (TPSA) is 82.2 Å². The number of benzene rings is 2. The first kappa shape index (κ1) is 27.4. The maximum absolute atomic E-state index is 13.4. The average Bonchev–Trinajstić information content (AvgIpc) is 2.90. The number of carbonyl (C=O) groups excluding carboxylic acids is 3. The Labute approximate surface area is 225 Å². The van der Waals surface area contributed by atoms with Gasteiger partial charge < -0.3 is 15.0 Å². The van der Waals surface area contributed by atoms with Crippen LogP contribution in [0.4, 0.5) is 4.79 Å². The van der Waals surface area contributed by atoms with Crippen LogP contribution in [0.15, 0.2) is 59.8 Å². The third-order valence-electron chi connectivity index (χ3n) is 7.36. The van der Waals surface area contributed by atoms with Crippen molar-refractivity contribution in [1.82, 2.24) is 20.0 Å². The number of amides is 3. The Hall–Kier alpha value is -3.65. The number of hydrogen-bond acceptors (Lipinski definition) is 5. The molecule has 8 heteroatoms. The summed E-state index contributed by atoms with van der Waals surface area (Å²) in [6.07, 6.45) is 0. The van der Waals surface area contributed by atoms with Crippen LogP contribution in [-0.2, 0) is 9.53 Å². The first-order valence-electron chi connectivity index (χ1n) is 13.4. The van der Waals surface area contributed by atoms with Crippen LogP contribution in [0, 0.1) is 13.8 Å². The van der Waals surface area contributed by atoms with Gasteiger partial charge in [-0.15, -0.1) is 0 Å². The number of aryl methyl sites for hydroxylation is 2. The molecular formula is C30H38N4O4. The number of urea groups is 1. The SMILES string of the molecule is CCOC(=O)C1=C(CN2CCN(C(=O)c3ccccc3)C(C)C2)N(CC)C(=O)NC1c1cc(C)ccc1C. The highest BCUT2D eigenvalue weighted by Gasteiger charge is 2.39. The average molecular weight is 519 g/mol. The largest absolute Gasteiger partial charge is 0.463 e. The van der Waals surface area contributed by atoms with Crippen molar-refractivity contribution in [2.24, 2.45) is 0 Å². The second kappa shape index (κ2) is 11.8. The lowest BCUT2D eigenvalue weighted by Gasteiger charge is -2.43. The summed E-state index contributed by atoms with van der Waals surface area (Å²) < 4.78 is 5.52. The van der Waals surface area contributed by atoms with E-state index < -0.39 is 12.0 Å². The Kier molecular flexibility index (Phi) is 8.52. The molecule has 2 unspecified atom stereocenters. The van der Waals surface area contributed by atoms with Crippen LogP contribution in [-0.4, -0.2) is 78.0 Å². The summed E-state index contributed by atoms with van der Waals surface area (Å²) in [4.78, 5) is 45.6. The van der Waals surface area contributed by atoms with Gasteiger partial charge in [-0.2, -0.15) is 0 Å². The number of ether oxygens (including phenoxy) is 1. The van der Waals surface area contributed by atoms with Crippen molar-refractivity contribution in [2.75, 3.05) is 39.3 Å². The molecule has 0 saturated carbocycles. The molecule has 2 aliphatic rings. The molecule has 0 aromatic heterocycles. The number of esters is 1. The Morgan fingerprint density at radius 2 is 1.79 bits per heavy atom. The minimum absolute atomic E-state index is 0.0198. The van der Waals surface area contributed by atoms with Gasteiger partial charge in [-0.05, 0) is 57.9 Å². The first-order chi connectivity index (χ1) is 18.2. The van der Waals surface area contributed by atoms with Gasteiger partial charge in [0.05, 0.1) is 18.2 Å². The van der Waals surface area contributed by atoms with Gasteiger partial charge in [0.2, 0.25) is 0 Å². The van der Waals surface area contributed by atoms with Crippen molar-refractivity contribution in [3.63, 3.8) is 0 Å². The van der Waals surface area contributed by atoms with E-state index >= 15 is 0 Å². The molecule has 3 amide bonds. The molecule has 1 saturated heterocycles. The predicted octanol–water partition coefficient (Wildman–Crippen LogP) is 4.05. The molecule has 2 heterocycles. The fraction of sp³-hybridized carbons (Fsp3) is 0.433. The lowest BCUT2D eigenvalue weighted by atomic mass is 9.90. The van der Waals surface area contributed by atoms with Gasteiger partial charge in [0, 0.05) is 50.0 Å². The summed E-state index contributed by atoms with van der Waals surface area (Å²) in [7, 11) is 0. The highest BCUT2D eigenvalue weighted by atomic mass is 16.5. The molecule has 38 heavy (non-hydrogen) atoms. The van der Waals surface area contributed by atoms with Gasteiger partial charge >= 0.3 is 12.0 Å². The van der Waals surface area contributed by atoms with Crippen LogP contribution < -0.4 is 5.32 Å². The molecule has 2 aromatic carbocycles. The maximum atomic E-state index is 13.4. The highest BCUT2D eigenvalue weighted by molar-refractivity contribution is 5.96. The van der Waals surface area contributed by atoms with Crippen molar-refractivity contribution < 1.29 is 19.1 Å². The zero-order valence-electron chi connectivity index (χ0n) is 23.0. The quantitative estimate of drug-likeness (QED) is 0.559. The van der Waals surface area contributed by atoms with Crippen molar-refractivity contribution in [3.05, 3.63) is 82.1 Å². The van der Waals surface area contributed by atoms with Gasteiger partial charge in [-0.3, -0.25) is 14.6 Å². The van der Waals surface area contributed by atoms with Crippen molar-refractivity contribution >= 4 is 17.9 Å². The predicted molar refractivity (Wildman–Crippen MR) is 147 cm³/mol. The van der Waals surface area contributed by atoms with E-state index in [1.807, 2.05) is 81.1 Å². The Bertz CT molecular complexity index is 1230. The zero-order chi connectivity index (χ0) is 27.4. The van der Waals surface area contributed by atoms with Crippen LogP contribution >= 0.6 is 0 Å². The molecule has 0 bridgehead atoms. The number of piperazine rings is 1. The van der Waals surface area contributed by atoms with Crippen molar-refractivity contribution in [2.45, 2.75) is 46.7 Å². The van der Waals surface area contributed by atoms with Crippen LogP contribution in [0.25, 0.3) is 0 Å². The maximum Gasteiger partial charge on any atom is 0.338 e. The summed E-state index contributed by atoms with van der Waals surface area (Å²) in [6.45, 7) is 12.6. The molecule has 1 N–H and O–H groups in total. The minimum Gasteiger partial charge on any atom is -0.463 e. The van der Waals surface area contributed by atoms with Gasteiger partial charge in [0.25, 0.3) is 5.91 Å². The molecule has 202 valence electrons. The van der Waals surface area contributed by atoms with Crippen LogP contribution in [0.3, 0.4) is 0 Å². The Morgan fingerprint density at radius 1 is 1.05 bits per heavy atom. The number of carbonyl (C=O) groups is 3. The highest BCUT2D eigenvalue weighted by Crippen LogP contribution is 2.34. The van der Waals surface area contributed by atoms with Crippen LogP contribution in [0.1, 0.15) is 53.9 Å². The molecule has 0 aliphatic carbocycles. The normalized spacial score (nSPS) is 20.4. The van der Waals surface area contributed by atoms with E-state index in [0.717, 1.165) is 16.7 Å². The number of likely N-dealkylation sites (N-methyl/N-ethyl adjacent to an activating group) is 1. The van der Waals surface area contributed by atoms with E-state index in [0.29, 0.717) is 49.6 Å². The lowest BCUT2D eigenvalue weighted by Crippen LogP contribution is -2.56. The van der Waals surface area contributed by atoms with Crippen molar-refractivity contribution in [1.29, 1.82) is 0 Å². The monoisotopic (exact) mass is 518 g/mol. The number of hydrogen-bond donors (Lipinski definition) is 1. The van der Waals surface area contributed by atoms with E-state index in [1.165, 1.54) is 0 Å². The molecule has 1 fully saturated rings. The lowest BCUT2D eigenvalue weighted by molar-refractivity contribution is -0.139. The van der Waals surface area contributed by atoms with E-state index in [4.69, 9.17) is 4.74 Å².